The van der Waals surface area contributed by atoms with E-state index in [1.165, 1.54) is 11.8 Å². The van der Waals surface area contributed by atoms with E-state index < -0.39 is 0 Å². The zero-order chi connectivity index (χ0) is 20.1. The third kappa shape index (κ3) is 4.75. The van der Waals surface area contributed by atoms with Crippen LogP contribution < -0.4 is 4.90 Å². The average Bonchev–Trinajstić information content (AvgIpc) is 3.17. The predicted molar refractivity (Wildman–Crippen MR) is 114 cm³/mol. The van der Waals surface area contributed by atoms with E-state index in [-0.39, 0.29) is 11.0 Å². The van der Waals surface area contributed by atoms with E-state index in [2.05, 4.69) is 28.9 Å². The van der Waals surface area contributed by atoms with Gasteiger partial charge in [-0.15, -0.1) is 10.2 Å². The van der Waals surface area contributed by atoms with E-state index in [0.717, 1.165) is 24.3 Å². The summed E-state index contributed by atoms with van der Waals surface area (Å²) >= 11 is 7.21. The molecule has 0 saturated heterocycles. The number of aromatic nitrogens is 2. The number of anilines is 1. The zero-order valence-electron chi connectivity index (χ0n) is 16.1. The zero-order valence-corrected chi connectivity index (χ0v) is 17.6. The number of carbonyl (C=O) groups is 1. The van der Waals surface area contributed by atoms with Crippen LogP contribution in [0.4, 0.5) is 5.69 Å². The molecule has 7 heteroatoms. The number of hydrogen-bond donors (Lipinski definition) is 0. The molecule has 0 aliphatic heterocycles. The molecule has 3 rings (SSSR count). The molecule has 5 nitrogen and oxygen atoms in total. The molecule has 1 heterocycles. The average molecular weight is 416 g/mol. The SMILES string of the molecule is CCN(CC)c1ccc(-c2nnc(SC(C)C(=O)c3cccc(Cl)c3)o2)cc1. The number of hydrogen-bond acceptors (Lipinski definition) is 6. The summed E-state index contributed by atoms with van der Waals surface area (Å²) in [7, 11) is 0. The quantitative estimate of drug-likeness (QED) is 0.352. The second-order valence-electron chi connectivity index (χ2n) is 6.23. The Balaban J connectivity index is 1.69. The Hall–Kier alpha value is -2.31. The van der Waals surface area contributed by atoms with Crippen molar-refractivity contribution in [3.63, 3.8) is 0 Å². The normalized spacial score (nSPS) is 12.0. The number of ketones is 1. The second kappa shape index (κ2) is 9.26. The number of Topliss-reactive ketones (excluding diaryl/α,β-unsaturated/α-hetero) is 1. The molecule has 3 aromatic rings. The molecule has 0 saturated carbocycles. The fourth-order valence-electron chi connectivity index (χ4n) is 2.86. The standard InChI is InChI=1S/C21H22ClN3O2S/c1-4-25(5-2)18-11-9-15(10-12-18)20-23-24-21(27-20)28-14(3)19(26)16-7-6-8-17(22)13-16/h6-14H,4-5H2,1-3H3. The van der Waals surface area contributed by atoms with Gasteiger partial charge in [-0.2, -0.15) is 0 Å². The predicted octanol–water partition coefficient (Wildman–Crippen LogP) is 5.60. The second-order valence-corrected chi connectivity index (χ2v) is 7.96. The number of nitrogens with zero attached hydrogens (tertiary/aromatic N) is 3. The van der Waals surface area contributed by atoms with Gasteiger partial charge in [-0.25, -0.2) is 0 Å². The summed E-state index contributed by atoms with van der Waals surface area (Å²) in [6, 6.07) is 15.0. The number of carbonyl (C=O) groups excluding carboxylic acids is 1. The number of halogens is 1. The minimum Gasteiger partial charge on any atom is -0.411 e. The van der Waals surface area contributed by atoms with Crippen molar-refractivity contribution in [2.75, 3.05) is 18.0 Å². The molecule has 2 aromatic carbocycles. The van der Waals surface area contributed by atoms with Gasteiger partial charge in [0.05, 0.1) is 5.25 Å². The summed E-state index contributed by atoms with van der Waals surface area (Å²) in [6.07, 6.45) is 0. The molecule has 146 valence electrons. The van der Waals surface area contributed by atoms with Crippen molar-refractivity contribution in [2.45, 2.75) is 31.2 Å². The molecule has 1 unspecified atom stereocenters. The highest BCUT2D eigenvalue weighted by Crippen LogP contribution is 2.29. The first-order valence-corrected chi connectivity index (χ1v) is 10.4. The lowest BCUT2D eigenvalue weighted by Gasteiger charge is -2.20. The van der Waals surface area contributed by atoms with Gasteiger partial charge in [0.25, 0.3) is 5.22 Å². The van der Waals surface area contributed by atoms with Gasteiger partial charge in [0.15, 0.2) is 5.78 Å². The number of benzene rings is 2. The molecular formula is C21H22ClN3O2S. The summed E-state index contributed by atoms with van der Waals surface area (Å²) in [4.78, 5) is 14.8. The van der Waals surface area contributed by atoms with Crippen molar-refractivity contribution < 1.29 is 9.21 Å². The van der Waals surface area contributed by atoms with Gasteiger partial charge in [0.2, 0.25) is 5.89 Å². The first-order valence-electron chi connectivity index (χ1n) is 9.17. The fourth-order valence-corrected chi connectivity index (χ4v) is 3.81. The van der Waals surface area contributed by atoms with Crippen LogP contribution in [0, 0.1) is 0 Å². The van der Waals surface area contributed by atoms with E-state index in [9.17, 15) is 4.79 Å². The highest BCUT2D eigenvalue weighted by molar-refractivity contribution is 8.00. The first-order chi connectivity index (χ1) is 13.5. The fraction of sp³-hybridized carbons (Fsp3) is 0.286. The summed E-state index contributed by atoms with van der Waals surface area (Å²) < 4.78 is 5.75. The topological polar surface area (TPSA) is 59.2 Å². The molecule has 1 atom stereocenters. The van der Waals surface area contributed by atoms with Gasteiger partial charge in [-0.1, -0.05) is 35.5 Å². The van der Waals surface area contributed by atoms with Crippen LogP contribution in [-0.4, -0.2) is 34.3 Å². The summed E-state index contributed by atoms with van der Waals surface area (Å²) in [5, 5.41) is 8.73. The first kappa shape index (κ1) is 20.4. The van der Waals surface area contributed by atoms with Crippen molar-refractivity contribution in [1.29, 1.82) is 0 Å². The van der Waals surface area contributed by atoms with Crippen LogP contribution in [0.15, 0.2) is 58.2 Å². The number of thioether (sulfide) groups is 1. The molecule has 1 aromatic heterocycles. The highest BCUT2D eigenvalue weighted by Gasteiger charge is 2.20. The Morgan fingerprint density at radius 2 is 1.86 bits per heavy atom. The molecule has 0 aliphatic rings. The molecule has 0 radical (unpaired) electrons. The van der Waals surface area contributed by atoms with E-state index in [0.29, 0.717) is 21.7 Å². The van der Waals surface area contributed by atoms with Crippen LogP contribution in [0.1, 0.15) is 31.1 Å². The Kier molecular flexibility index (Phi) is 6.75. The Morgan fingerprint density at radius 1 is 1.14 bits per heavy atom. The maximum absolute atomic E-state index is 12.6. The summed E-state index contributed by atoms with van der Waals surface area (Å²) in [6.45, 7) is 7.98. The molecule has 28 heavy (non-hydrogen) atoms. The molecule has 0 bridgehead atoms. The van der Waals surface area contributed by atoms with Crippen LogP contribution in [0.3, 0.4) is 0 Å². The van der Waals surface area contributed by atoms with Crippen molar-refractivity contribution in [3.05, 3.63) is 59.1 Å². The van der Waals surface area contributed by atoms with Crippen LogP contribution in [0.5, 0.6) is 0 Å². The molecule has 0 aliphatic carbocycles. The molecule has 0 amide bonds. The van der Waals surface area contributed by atoms with E-state index in [4.69, 9.17) is 16.0 Å². The largest absolute Gasteiger partial charge is 0.411 e. The van der Waals surface area contributed by atoms with Crippen molar-refractivity contribution in [1.82, 2.24) is 10.2 Å². The van der Waals surface area contributed by atoms with E-state index in [1.54, 1.807) is 24.3 Å². The van der Waals surface area contributed by atoms with Crippen molar-refractivity contribution in [2.24, 2.45) is 0 Å². The summed E-state index contributed by atoms with van der Waals surface area (Å²) in [5.41, 5.74) is 2.58. The van der Waals surface area contributed by atoms with Gasteiger partial charge >= 0.3 is 0 Å². The maximum Gasteiger partial charge on any atom is 0.277 e. The van der Waals surface area contributed by atoms with Crippen molar-refractivity contribution >= 4 is 34.8 Å². The minimum atomic E-state index is -0.364. The van der Waals surface area contributed by atoms with Gasteiger partial charge in [0.1, 0.15) is 0 Å². The smallest absolute Gasteiger partial charge is 0.277 e. The molecule has 0 fully saturated rings. The lowest BCUT2D eigenvalue weighted by molar-refractivity contribution is 0.0993. The monoisotopic (exact) mass is 415 g/mol. The van der Waals surface area contributed by atoms with E-state index >= 15 is 0 Å². The summed E-state index contributed by atoms with van der Waals surface area (Å²) in [5.74, 6) is 0.409. The molecule has 0 spiro atoms. The van der Waals surface area contributed by atoms with Crippen LogP contribution in [0.25, 0.3) is 11.5 Å². The highest BCUT2D eigenvalue weighted by atomic mass is 35.5. The van der Waals surface area contributed by atoms with Crippen LogP contribution in [-0.2, 0) is 0 Å². The number of rotatable bonds is 8. The lowest BCUT2D eigenvalue weighted by atomic mass is 10.1. The Morgan fingerprint density at radius 3 is 2.50 bits per heavy atom. The van der Waals surface area contributed by atoms with Crippen molar-refractivity contribution in [3.8, 4) is 11.5 Å². The molecular weight excluding hydrogens is 394 g/mol. The minimum absolute atomic E-state index is 0.0316. The Bertz CT molecular complexity index is 939. The van der Waals surface area contributed by atoms with Gasteiger partial charge in [0, 0.05) is 34.9 Å². The van der Waals surface area contributed by atoms with Gasteiger partial charge < -0.3 is 9.32 Å². The lowest BCUT2D eigenvalue weighted by Crippen LogP contribution is -2.21. The van der Waals surface area contributed by atoms with E-state index in [1.807, 2.05) is 31.2 Å². The van der Waals surface area contributed by atoms with Crippen LogP contribution >= 0.6 is 23.4 Å². The van der Waals surface area contributed by atoms with Crippen LogP contribution in [0.2, 0.25) is 5.02 Å². The van der Waals surface area contributed by atoms with Gasteiger partial charge in [-0.3, -0.25) is 4.79 Å². The molecule has 0 N–H and O–H groups in total. The maximum atomic E-state index is 12.6. The third-order valence-electron chi connectivity index (χ3n) is 4.41. The Labute approximate surface area is 174 Å². The van der Waals surface area contributed by atoms with Gasteiger partial charge in [-0.05, 0) is 57.2 Å². The third-order valence-corrected chi connectivity index (χ3v) is 5.57.